The standard InChI is InChI=1S/C13H22N2O4/c1-8-4-3-5-9(2)15(8)13(19)14-7-10(16)6-11(14)12(17)18/h8-11,16H,3-7H2,1-2H3,(H,17,18)/t8-,9+,10-,11+/m1/s1. The quantitative estimate of drug-likeness (QED) is 0.741. The summed E-state index contributed by atoms with van der Waals surface area (Å²) in [6.07, 6.45) is 2.38. The number of carboxylic acids is 1. The number of hydrogen-bond donors (Lipinski definition) is 2. The van der Waals surface area contributed by atoms with Crippen LogP contribution in [0, 0.1) is 0 Å². The molecule has 108 valence electrons. The second kappa shape index (κ2) is 5.36. The molecule has 2 rings (SSSR count). The van der Waals surface area contributed by atoms with E-state index in [0.29, 0.717) is 0 Å². The number of aliphatic carboxylic acids is 1. The molecule has 2 fully saturated rings. The Labute approximate surface area is 113 Å². The van der Waals surface area contributed by atoms with Gasteiger partial charge in [0.05, 0.1) is 6.10 Å². The van der Waals surface area contributed by atoms with Crippen LogP contribution in [-0.2, 0) is 4.79 Å². The predicted molar refractivity (Wildman–Crippen MR) is 68.8 cm³/mol. The maximum absolute atomic E-state index is 12.6. The summed E-state index contributed by atoms with van der Waals surface area (Å²) in [6, 6.07) is -0.889. The SMILES string of the molecule is C[C@@H]1CCC[C@H](C)N1C(=O)N1C[C@H](O)C[C@H]1C(=O)O. The van der Waals surface area contributed by atoms with Gasteiger partial charge in [-0.05, 0) is 33.1 Å². The molecule has 2 amide bonds. The van der Waals surface area contributed by atoms with E-state index in [1.54, 1.807) is 4.90 Å². The van der Waals surface area contributed by atoms with Crippen LogP contribution in [0.2, 0.25) is 0 Å². The molecule has 6 nitrogen and oxygen atoms in total. The molecule has 2 N–H and O–H groups in total. The minimum atomic E-state index is -1.04. The molecule has 0 aromatic heterocycles. The van der Waals surface area contributed by atoms with Gasteiger partial charge in [-0.15, -0.1) is 0 Å². The number of rotatable bonds is 1. The fourth-order valence-corrected chi connectivity index (χ4v) is 3.21. The number of β-amino-alcohol motifs (C(OH)–C–C–N with tert-alkyl or cyclic N) is 1. The van der Waals surface area contributed by atoms with Gasteiger partial charge in [-0.25, -0.2) is 9.59 Å². The number of carboxylic acid groups (broad SMARTS) is 1. The zero-order valence-electron chi connectivity index (χ0n) is 11.5. The zero-order valence-corrected chi connectivity index (χ0v) is 11.5. The van der Waals surface area contributed by atoms with E-state index in [1.165, 1.54) is 4.90 Å². The number of likely N-dealkylation sites (tertiary alicyclic amines) is 2. The Morgan fingerprint density at radius 3 is 2.26 bits per heavy atom. The third-order valence-electron chi connectivity index (χ3n) is 4.22. The molecule has 2 heterocycles. The number of urea groups is 1. The smallest absolute Gasteiger partial charge is 0.326 e. The van der Waals surface area contributed by atoms with Crippen LogP contribution >= 0.6 is 0 Å². The second-order valence-corrected chi connectivity index (χ2v) is 5.71. The Morgan fingerprint density at radius 2 is 1.74 bits per heavy atom. The lowest BCUT2D eigenvalue weighted by molar-refractivity contribution is -0.141. The Bertz CT molecular complexity index is 364. The van der Waals surface area contributed by atoms with Crippen LogP contribution < -0.4 is 0 Å². The Hall–Kier alpha value is -1.30. The van der Waals surface area contributed by atoms with E-state index in [0.717, 1.165) is 19.3 Å². The number of nitrogens with zero attached hydrogens (tertiary/aromatic N) is 2. The molecule has 0 spiro atoms. The number of hydrogen-bond acceptors (Lipinski definition) is 3. The molecule has 0 unspecified atom stereocenters. The van der Waals surface area contributed by atoms with E-state index >= 15 is 0 Å². The van der Waals surface area contributed by atoms with Crippen LogP contribution in [0.5, 0.6) is 0 Å². The minimum Gasteiger partial charge on any atom is -0.480 e. The van der Waals surface area contributed by atoms with Gasteiger partial charge in [0.15, 0.2) is 0 Å². The lowest BCUT2D eigenvalue weighted by atomic mass is 9.98. The molecule has 0 aromatic carbocycles. The Balaban J connectivity index is 2.15. The van der Waals surface area contributed by atoms with Crippen molar-refractivity contribution < 1.29 is 19.8 Å². The fraction of sp³-hybridized carbons (Fsp3) is 0.846. The summed E-state index contributed by atoms with van der Waals surface area (Å²) in [5.41, 5.74) is 0. The highest BCUT2D eigenvalue weighted by Gasteiger charge is 2.42. The number of piperidine rings is 1. The summed E-state index contributed by atoms with van der Waals surface area (Å²) in [4.78, 5) is 26.8. The molecule has 0 bridgehead atoms. The molecular weight excluding hydrogens is 248 g/mol. The fourth-order valence-electron chi connectivity index (χ4n) is 3.21. The van der Waals surface area contributed by atoms with Gasteiger partial charge in [0, 0.05) is 25.0 Å². The molecule has 4 atom stereocenters. The van der Waals surface area contributed by atoms with Crippen LogP contribution in [0.1, 0.15) is 39.5 Å². The largest absolute Gasteiger partial charge is 0.480 e. The molecule has 2 saturated heterocycles. The maximum atomic E-state index is 12.6. The van der Waals surface area contributed by atoms with Gasteiger partial charge in [-0.3, -0.25) is 0 Å². The van der Waals surface area contributed by atoms with Gasteiger partial charge < -0.3 is 20.0 Å². The highest BCUT2D eigenvalue weighted by molar-refractivity contribution is 5.84. The predicted octanol–water partition coefficient (Wildman–Crippen LogP) is 0.889. The van der Waals surface area contributed by atoms with Gasteiger partial charge >= 0.3 is 12.0 Å². The molecule has 2 aliphatic rings. The average molecular weight is 270 g/mol. The van der Waals surface area contributed by atoms with E-state index in [1.807, 2.05) is 13.8 Å². The number of aliphatic hydroxyl groups is 1. The van der Waals surface area contributed by atoms with Crippen LogP contribution in [0.25, 0.3) is 0 Å². The molecule has 0 aromatic rings. The lowest BCUT2D eigenvalue weighted by Crippen LogP contribution is -2.55. The van der Waals surface area contributed by atoms with Gasteiger partial charge in [0.25, 0.3) is 0 Å². The summed E-state index contributed by atoms with van der Waals surface area (Å²) in [7, 11) is 0. The third kappa shape index (κ3) is 2.68. The normalized spacial score (nSPS) is 35.5. The van der Waals surface area contributed by atoms with Gasteiger partial charge in [0.2, 0.25) is 0 Å². The van der Waals surface area contributed by atoms with Crippen LogP contribution in [-0.4, -0.2) is 62.8 Å². The minimum absolute atomic E-state index is 0.117. The van der Waals surface area contributed by atoms with E-state index in [9.17, 15) is 14.7 Å². The van der Waals surface area contributed by atoms with E-state index < -0.39 is 18.1 Å². The molecule has 0 aliphatic carbocycles. The summed E-state index contributed by atoms with van der Waals surface area (Å²) >= 11 is 0. The number of amides is 2. The molecule has 0 radical (unpaired) electrons. The van der Waals surface area contributed by atoms with Crippen molar-refractivity contribution in [3.63, 3.8) is 0 Å². The Kier molecular flexibility index (Phi) is 3.99. The summed E-state index contributed by atoms with van der Waals surface area (Å²) in [5.74, 6) is -1.04. The average Bonchev–Trinajstić information content (AvgIpc) is 2.71. The first-order valence-electron chi connectivity index (χ1n) is 6.91. The Morgan fingerprint density at radius 1 is 1.16 bits per heavy atom. The van der Waals surface area contributed by atoms with Crippen LogP contribution in [0.15, 0.2) is 0 Å². The summed E-state index contributed by atoms with van der Waals surface area (Å²) in [6.45, 7) is 4.11. The summed E-state index contributed by atoms with van der Waals surface area (Å²) < 4.78 is 0. The van der Waals surface area contributed by atoms with Crippen molar-refractivity contribution in [2.45, 2.75) is 63.8 Å². The monoisotopic (exact) mass is 270 g/mol. The molecule has 19 heavy (non-hydrogen) atoms. The number of carbonyl (C=O) groups excluding carboxylic acids is 1. The molecule has 6 heteroatoms. The second-order valence-electron chi connectivity index (χ2n) is 5.71. The van der Waals surface area contributed by atoms with Gasteiger partial charge in [-0.1, -0.05) is 0 Å². The van der Waals surface area contributed by atoms with Crippen molar-refractivity contribution in [2.24, 2.45) is 0 Å². The number of aliphatic hydroxyl groups excluding tert-OH is 1. The zero-order chi connectivity index (χ0) is 14.2. The highest BCUT2D eigenvalue weighted by atomic mass is 16.4. The first-order chi connectivity index (χ1) is 8.91. The molecule has 2 aliphatic heterocycles. The van der Waals surface area contributed by atoms with Crippen LogP contribution in [0.3, 0.4) is 0 Å². The van der Waals surface area contributed by atoms with Crippen molar-refractivity contribution in [1.29, 1.82) is 0 Å². The maximum Gasteiger partial charge on any atom is 0.326 e. The first-order valence-corrected chi connectivity index (χ1v) is 6.91. The third-order valence-corrected chi connectivity index (χ3v) is 4.22. The summed E-state index contributed by atoms with van der Waals surface area (Å²) in [5, 5.41) is 18.8. The van der Waals surface area contributed by atoms with Crippen molar-refractivity contribution in [2.75, 3.05) is 6.54 Å². The van der Waals surface area contributed by atoms with Crippen molar-refractivity contribution >= 4 is 12.0 Å². The first kappa shape index (κ1) is 14.1. The van der Waals surface area contributed by atoms with Crippen LogP contribution in [0.4, 0.5) is 4.79 Å². The topological polar surface area (TPSA) is 81.1 Å². The van der Waals surface area contributed by atoms with E-state index in [2.05, 4.69) is 0 Å². The molecule has 0 saturated carbocycles. The van der Waals surface area contributed by atoms with Crippen molar-refractivity contribution in [1.82, 2.24) is 9.80 Å². The van der Waals surface area contributed by atoms with Crippen molar-refractivity contribution in [3.8, 4) is 0 Å². The highest BCUT2D eigenvalue weighted by Crippen LogP contribution is 2.27. The lowest BCUT2D eigenvalue weighted by Gasteiger charge is -2.41. The number of carbonyl (C=O) groups is 2. The van der Waals surface area contributed by atoms with Gasteiger partial charge in [-0.2, -0.15) is 0 Å². The van der Waals surface area contributed by atoms with E-state index in [-0.39, 0.29) is 31.1 Å². The van der Waals surface area contributed by atoms with Gasteiger partial charge in [0.1, 0.15) is 6.04 Å². The van der Waals surface area contributed by atoms with Crippen molar-refractivity contribution in [3.05, 3.63) is 0 Å². The van der Waals surface area contributed by atoms with E-state index in [4.69, 9.17) is 5.11 Å². The molecular formula is C13H22N2O4.